The molecule has 0 spiro atoms. The van der Waals surface area contributed by atoms with Crippen molar-refractivity contribution in [3.8, 4) is 34.6 Å². The fourth-order valence-corrected chi connectivity index (χ4v) is 4.87. The number of hydrogen-bond donors (Lipinski definition) is 1. The minimum absolute atomic E-state index is 0.0666. The van der Waals surface area contributed by atoms with Crippen molar-refractivity contribution in [2.24, 2.45) is 0 Å². The first-order chi connectivity index (χ1) is 18.0. The SMILES string of the molecule is CC#CC(CC(=O)O)c1ccc(OCc2ccc3scc(-c4cc(OCCOC)cnc4C)c3c2)nc1. The average Bonchev–Trinajstić information content (AvgIpc) is 3.31. The molecule has 0 amide bonds. The predicted molar refractivity (Wildman–Crippen MR) is 144 cm³/mol. The number of benzene rings is 1. The quantitative estimate of drug-likeness (QED) is 0.197. The normalized spacial score (nSPS) is 11.5. The lowest BCUT2D eigenvalue weighted by molar-refractivity contribution is -0.137. The smallest absolute Gasteiger partial charge is 0.304 e. The van der Waals surface area contributed by atoms with E-state index in [-0.39, 0.29) is 6.42 Å². The van der Waals surface area contributed by atoms with Gasteiger partial charge in [0.1, 0.15) is 19.0 Å². The number of aliphatic carboxylic acids is 1. The molecule has 0 fully saturated rings. The highest BCUT2D eigenvalue weighted by molar-refractivity contribution is 7.17. The predicted octanol–water partition coefficient (Wildman–Crippen LogP) is 5.85. The van der Waals surface area contributed by atoms with E-state index in [9.17, 15) is 4.79 Å². The first-order valence-corrected chi connectivity index (χ1v) is 12.7. The summed E-state index contributed by atoms with van der Waals surface area (Å²) in [7, 11) is 1.65. The topological polar surface area (TPSA) is 90.8 Å². The molecule has 0 saturated carbocycles. The molecule has 4 rings (SSSR count). The van der Waals surface area contributed by atoms with E-state index < -0.39 is 11.9 Å². The van der Waals surface area contributed by atoms with Crippen LogP contribution < -0.4 is 9.47 Å². The molecule has 4 aromatic rings. The van der Waals surface area contributed by atoms with Crippen LogP contribution in [0.3, 0.4) is 0 Å². The van der Waals surface area contributed by atoms with Gasteiger partial charge in [-0.3, -0.25) is 9.78 Å². The van der Waals surface area contributed by atoms with Gasteiger partial charge in [-0.2, -0.15) is 0 Å². The third kappa shape index (κ3) is 6.64. The minimum atomic E-state index is -0.896. The van der Waals surface area contributed by atoms with Crippen molar-refractivity contribution in [2.45, 2.75) is 32.8 Å². The molecular formula is C29H28N2O5S. The van der Waals surface area contributed by atoms with Crippen molar-refractivity contribution >= 4 is 27.4 Å². The lowest BCUT2D eigenvalue weighted by atomic mass is 9.98. The van der Waals surface area contributed by atoms with Crippen LogP contribution in [-0.4, -0.2) is 41.4 Å². The highest BCUT2D eigenvalue weighted by Crippen LogP contribution is 2.37. The van der Waals surface area contributed by atoms with Gasteiger partial charge in [0.15, 0.2) is 0 Å². The Balaban J connectivity index is 1.50. The molecule has 1 aromatic carbocycles. The molecule has 0 aliphatic heterocycles. The average molecular weight is 517 g/mol. The molecule has 8 heteroatoms. The number of hydrogen-bond acceptors (Lipinski definition) is 7. The van der Waals surface area contributed by atoms with Gasteiger partial charge in [0, 0.05) is 46.3 Å². The zero-order valence-corrected chi connectivity index (χ0v) is 21.8. The molecule has 1 atom stereocenters. The molecule has 3 heterocycles. The zero-order chi connectivity index (χ0) is 26.2. The summed E-state index contributed by atoms with van der Waals surface area (Å²) in [4.78, 5) is 20.0. The number of rotatable bonds is 11. The van der Waals surface area contributed by atoms with Gasteiger partial charge >= 0.3 is 5.97 Å². The summed E-state index contributed by atoms with van der Waals surface area (Å²) in [6.45, 7) is 5.02. The van der Waals surface area contributed by atoms with Crippen LogP contribution in [0.5, 0.6) is 11.6 Å². The van der Waals surface area contributed by atoms with Crippen LogP contribution in [0.2, 0.25) is 0 Å². The summed E-state index contributed by atoms with van der Waals surface area (Å²) in [6.07, 6.45) is 3.30. The van der Waals surface area contributed by atoms with Crippen molar-refractivity contribution < 1.29 is 24.1 Å². The van der Waals surface area contributed by atoms with Crippen molar-refractivity contribution in [3.05, 3.63) is 71.0 Å². The maximum atomic E-state index is 11.1. The second-order valence-electron chi connectivity index (χ2n) is 8.39. The Morgan fingerprint density at radius 3 is 2.68 bits per heavy atom. The van der Waals surface area contributed by atoms with E-state index in [1.807, 2.05) is 25.1 Å². The van der Waals surface area contributed by atoms with E-state index in [2.05, 4.69) is 39.3 Å². The van der Waals surface area contributed by atoms with Crippen LogP contribution in [0.15, 0.2) is 54.2 Å². The number of aromatic nitrogens is 2. The summed E-state index contributed by atoms with van der Waals surface area (Å²) in [6, 6.07) is 11.9. The maximum absolute atomic E-state index is 11.1. The van der Waals surface area contributed by atoms with Gasteiger partial charge in [0.25, 0.3) is 0 Å². The van der Waals surface area contributed by atoms with Crippen molar-refractivity contribution in [3.63, 3.8) is 0 Å². The Bertz CT molecular complexity index is 1440. The van der Waals surface area contributed by atoms with Crippen molar-refractivity contribution in [1.29, 1.82) is 0 Å². The summed E-state index contributed by atoms with van der Waals surface area (Å²) in [5.41, 5.74) is 4.83. The Labute approximate surface area is 220 Å². The number of fused-ring (bicyclic) bond motifs is 1. The highest BCUT2D eigenvalue weighted by Gasteiger charge is 2.15. The number of aryl methyl sites for hydroxylation is 1. The molecule has 0 aliphatic carbocycles. The number of carboxylic acid groups (broad SMARTS) is 1. The van der Waals surface area contributed by atoms with Gasteiger partial charge in [0.2, 0.25) is 5.88 Å². The highest BCUT2D eigenvalue weighted by atomic mass is 32.1. The molecule has 3 aromatic heterocycles. The lowest BCUT2D eigenvalue weighted by Gasteiger charge is -2.11. The molecule has 0 radical (unpaired) electrons. The fraction of sp³-hybridized carbons (Fsp3) is 0.276. The van der Waals surface area contributed by atoms with E-state index in [1.54, 1.807) is 43.8 Å². The van der Waals surface area contributed by atoms with Gasteiger partial charge in [-0.05, 0) is 48.6 Å². The molecule has 1 unspecified atom stereocenters. The molecule has 1 N–H and O–H groups in total. The Morgan fingerprint density at radius 1 is 1.08 bits per heavy atom. The summed E-state index contributed by atoms with van der Waals surface area (Å²) >= 11 is 1.69. The number of pyridine rings is 2. The van der Waals surface area contributed by atoms with Crippen LogP contribution in [0, 0.1) is 18.8 Å². The molecule has 0 bridgehead atoms. The van der Waals surface area contributed by atoms with E-state index >= 15 is 0 Å². The summed E-state index contributed by atoms with van der Waals surface area (Å²) < 4.78 is 17.9. The largest absolute Gasteiger partial charge is 0.490 e. The van der Waals surface area contributed by atoms with Crippen LogP contribution in [-0.2, 0) is 16.1 Å². The van der Waals surface area contributed by atoms with Crippen molar-refractivity contribution in [2.75, 3.05) is 20.3 Å². The summed E-state index contributed by atoms with van der Waals surface area (Å²) in [5, 5.41) is 12.4. The summed E-state index contributed by atoms with van der Waals surface area (Å²) in [5.74, 6) is 5.61. The number of carbonyl (C=O) groups is 1. The second kappa shape index (κ2) is 12.3. The van der Waals surface area contributed by atoms with Crippen LogP contribution in [0.1, 0.15) is 36.1 Å². The van der Waals surface area contributed by atoms with E-state index in [0.717, 1.165) is 33.3 Å². The standard InChI is InChI=1S/C29H28N2O5S/c1-4-5-21(13-29(32)33)22-7-9-28(31-15-22)36-17-20-6-8-27-25(12-20)26(18-37-27)24-14-23(16-30-19(24)2)35-11-10-34-3/h6-9,12,14-16,18,21H,10-11,13,17H2,1-3H3,(H,32,33). The zero-order valence-electron chi connectivity index (χ0n) is 21.0. The minimum Gasteiger partial charge on any atom is -0.490 e. The second-order valence-corrected chi connectivity index (χ2v) is 9.30. The number of thiophene rings is 1. The molecule has 37 heavy (non-hydrogen) atoms. The number of methoxy groups -OCH3 is 1. The monoisotopic (exact) mass is 516 g/mol. The van der Waals surface area contributed by atoms with Gasteiger partial charge in [0.05, 0.1) is 25.1 Å². The fourth-order valence-electron chi connectivity index (χ4n) is 3.92. The molecule has 7 nitrogen and oxygen atoms in total. The number of ether oxygens (including phenoxy) is 3. The number of carboxylic acids is 1. The Hall–Kier alpha value is -3.93. The van der Waals surface area contributed by atoms with Crippen molar-refractivity contribution in [1.82, 2.24) is 9.97 Å². The van der Waals surface area contributed by atoms with E-state index in [4.69, 9.17) is 19.3 Å². The van der Waals surface area contributed by atoms with Crippen LogP contribution >= 0.6 is 11.3 Å². The molecular weight excluding hydrogens is 488 g/mol. The van der Waals surface area contributed by atoms with Gasteiger partial charge < -0.3 is 19.3 Å². The lowest BCUT2D eigenvalue weighted by Crippen LogP contribution is -2.05. The molecule has 0 saturated heterocycles. The molecule has 190 valence electrons. The Kier molecular flexibility index (Phi) is 8.72. The van der Waals surface area contributed by atoms with Gasteiger partial charge in [-0.1, -0.05) is 18.1 Å². The Morgan fingerprint density at radius 2 is 1.95 bits per heavy atom. The van der Waals surface area contributed by atoms with E-state index in [0.29, 0.717) is 31.5 Å². The third-order valence-corrected chi connectivity index (χ3v) is 6.76. The van der Waals surface area contributed by atoms with E-state index in [1.165, 1.54) is 4.70 Å². The number of nitrogens with zero attached hydrogens (tertiary/aromatic N) is 2. The first-order valence-electron chi connectivity index (χ1n) is 11.8. The van der Waals surface area contributed by atoms with Crippen LogP contribution in [0.25, 0.3) is 21.2 Å². The molecule has 0 aliphatic rings. The van der Waals surface area contributed by atoms with Gasteiger partial charge in [-0.15, -0.1) is 17.3 Å². The van der Waals surface area contributed by atoms with Gasteiger partial charge in [-0.25, -0.2) is 4.98 Å². The third-order valence-electron chi connectivity index (χ3n) is 5.79. The first kappa shape index (κ1) is 26.1. The maximum Gasteiger partial charge on any atom is 0.304 e. The van der Waals surface area contributed by atoms with Crippen LogP contribution in [0.4, 0.5) is 0 Å².